The molecule has 0 aromatic heterocycles. The van der Waals surface area contributed by atoms with Gasteiger partial charge in [-0.05, 0) is 53.4 Å². The summed E-state index contributed by atoms with van der Waals surface area (Å²) in [5, 5.41) is 0. The Morgan fingerprint density at radius 2 is 1.56 bits per heavy atom. The zero-order valence-corrected chi connectivity index (χ0v) is 13.5. The lowest BCUT2D eigenvalue weighted by Gasteiger charge is -2.35. The zero-order valence-electron chi connectivity index (χ0n) is 13.5. The van der Waals surface area contributed by atoms with E-state index in [2.05, 4.69) is 55.4 Å². The van der Waals surface area contributed by atoms with Crippen LogP contribution in [-0.2, 0) is 9.47 Å². The molecular formula is C16H33O2. The van der Waals surface area contributed by atoms with Crippen LogP contribution in [0.5, 0.6) is 0 Å². The van der Waals surface area contributed by atoms with E-state index in [9.17, 15) is 0 Å². The summed E-state index contributed by atoms with van der Waals surface area (Å²) in [4.78, 5) is 0. The van der Waals surface area contributed by atoms with Gasteiger partial charge in [0.1, 0.15) is 0 Å². The SMILES string of the molecule is [CH2]CC(C)(CC(CC(C)C)OC(C)C)OC(C)C. The lowest BCUT2D eigenvalue weighted by atomic mass is 9.91. The first-order valence-electron chi connectivity index (χ1n) is 7.31. The molecule has 0 spiro atoms. The fourth-order valence-electron chi connectivity index (χ4n) is 2.36. The van der Waals surface area contributed by atoms with E-state index in [4.69, 9.17) is 9.47 Å². The minimum Gasteiger partial charge on any atom is -0.375 e. The molecular weight excluding hydrogens is 224 g/mol. The number of ether oxygens (including phenoxy) is 2. The number of hydrogen-bond donors (Lipinski definition) is 0. The Morgan fingerprint density at radius 3 is 1.89 bits per heavy atom. The van der Waals surface area contributed by atoms with Crippen molar-refractivity contribution >= 4 is 0 Å². The molecule has 0 rings (SSSR count). The van der Waals surface area contributed by atoms with Gasteiger partial charge in [0.05, 0.1) is 23.9 Å². The monoisotopic (exact) mass is 257 g/mol. The topological polar surface area (TPSA) is 18.5 Å². The van der Waals surface area contributed by atoms with Gasteiger partial charge in [0, 0.05) is 6.42 Å². The molecule has 2 atom stereocenters. The molecule has 18 heavy (non-hydrogen) atoms. The third-order valence-corrected chi connectivity index (χ3v) is 2.91. The molecule has 0 amide bonds. The molecule has 0 aromatic carbocycles. The van der Waals surface area contributed by atoms with Crippen LogP contribution in [0.1, 0.15) is 67.7 Å². The van der Waals surface area contributed by atoms with Crippen molar-refractivity contribution in [2.24, 2.45) is 5.92 Å². The van der Waals surface area contributed by atoms with Gasteiger partial charge < -0.3 is 9.47 Å². The van der Waals surface area contributed by atoms with Crippen LogP contribution in [0.2, 0.25) is 0 Å². The van der Waals surface area contributed by atoms with E-state index in [1.54, 1.807) is 0 Å². The molecule has 0 aliphatic rings. The van der Waals surface area contributed by atoms with Crippen LogP contribution in [0, 0.1) is 12.8 Å². The standard InChI is InChI=1S/C16H33O2/c1-9-16(8,18-14(6)7)11-15(10-12(2)3)17-13(4)5/h12-15H,1,9-11H2,2-8H3. The zero-order chi connectivity index (χ0) is 14.3. The van der Waals surface area contributed by atoms with Gasteiger partial charge in [0.25, 0.3) is 0 Å². The highest BCUT2D eigenvalue weighted by Crippen LogP contribution is 2.28. The maximum atomic E-state index is 6.04. The first kappa shape index (κ1) is 17.9. The van der Waals surface area contributed by atoms with Crippen LogP contribution in [0.25, 0.3) is 0 Å². The smallest absolute Gasteiger partial charge is 0.0682 e. The van der Waals surface area contributed by atoms with Crippen LogP contribution in [0.3, 0.4) is 0 Å². The van der Waals surface area contributed by atoms with Crippen molar-refractivity contribution in [2.75, 3.05) is 0 Å². The second-order valence-electron chi connectivity index (χ2n) is 6.51. The van der Waals surface area contributed by atoms with Gasteiger partial charge in [-0.3, -0.25) is 0 Å². The van der Waals surface area contributed by atoms with Crippen molar-refractivity contribution in [2.45, 2.75) is 91.6 Å². The van der Waals surface area contributed by atoms with Gasteiger partial charge in [-0.25, -0.2) is 0 Å². The van der Waals surface area contributed by atoms with Crippen molar-refractivity contribution in [1.29, 1.82) is 0 Å². The van der Waals surface area contributed by atoms with E-state index in [-0.39, 0.29) is 23.9 Å². The predicted molar refractivity (Wildman–Crippen MR) is 78.7 cm³/mol. The third-order valence-electron chi connectivity index (χ3n) is 2.91. The fourth-order valence-corrected chi connectivity index (χ4v) is 2.36. The van der Waals surface area contributed by atoms with E-state index in [1.165, 1.54) is 0 Å². The molecule has 2 heteroatoms. The van der Waals surface area contributed by atoms with E-state index in [1.807, 2.05) is 0 Å². The summed E-state index contributed by atoms with van der Waals surface area (Å²) in [6, 6.07) is 0. The maximum Gasteiger partial charge on any atom is 0.0682 e. The summed E-state index contributed by atoms with van der Waals surface area (Å²) in [6.45, 7) is 19.0. The average Bonchev–Trinajstić information content (AvgIpc) is 2.13. The van der Waals surface area contributed by atoms with Crippen LogP contribution >= 0.6 is 0 Å². The Hall–Kier alpha value is -0.0800. The molecule has 0 bridgehead atoms. The molecule has 0 N–H and O–H groups in total. The first-order valence-corrected chi connectivity index (χ1v) is 7.31. The molecule has 2 unspecified atom stereocenters. The number of hydrogen-bond acceptors (Lipinski definition) is 2. The average molecular weight is 257 g/mol. The minimum atomic E-state index is -0.178. The summed E-state index contributed by atoms with van der Waals surface area (Å²) < 4.78 is 12.1. The summed E-state index contributed by atoms with van der Waals surface area (Å²) in [7, 11) is 0. The second-order valence-corrected chi connectivity index (χ2v) is 6.51. The van der Waals surface area contributed by atoms with Gasteiger partial charge in [-0.15, -0.1) is 0 Å². The van der Waals surface area contributed by atoms with Crippen molar-refractivity contribution in [3.05, 3.63) is 6.92 Å². The van der Waals surface area contributed by atoms with Gasteiger partial charge in [0.15, 0.2) is 0 Å². The van der Waals surface area contributed by atoms with Crippen molar-refractivity contribution in [3.8, 4) is 0 Å². The molecule has 2 nitrogen and oxygen atoms in total. The van der Waals surface area contributed by atoms with Gasteiger partial charge in [-0.1, -0.05) is 20.8 Å². The predicted octanol–water partition coefficient (Wildman–Crippen LogP) is 4.62. The van der Waals surface area contributed by atoms with E-state index >= 15 is 0 Å². The Labute approximate surface area is 114 Å². The molecule has 0 fully saturated rings. The third kappa shape index (κ3) is 8.10. The second kappa shape index (κ2) is 8.16. The lowest BCUT2D eigenvalue weighted by Crippen LogP contribution is -2.37. The van der Waals surface area contributed by atoms with Crippen LogP contribution < -0.4 is 0 Å². The van der Waals surface area contributed by atoms with Crippen molar-refractivity contribution < 1.29 is 9.47 Å². The van der Waals surface area contributed by atoms with E-state index < -0.39 is 0 Å². The molecule has 0 aliphatic heterocycles. The van der Waals surface area contributed by atoms with Crippen LogP contribution in [0.15, 0.2) is 0 Å². The first-order chi connectivity index (χ1) is 8.18. The van der Waals surface area contributed by atoms with Gasteiger partial charge in [0.2, 0.25) is 0 Å². The highest BCUT2D eigenvalue weighted by atomic mass is 16.5. The molecule has 0 saturated carbocycles. The molecule has 0 aromatic rings. The summed E-state index contributed by atoms with van der Waals surface area (Å²) in [5.74, 6) is 0.641. The van der Waals surface area contributed by atoms with Gasteiger partial charge in [-0.2, -0.15) is 0 Å². The normalized spacial score (nSPS) is 17.5. The molecule has 109 valence electrons. The molecule has 0 saturated heterocycles. The van der Waals surface area contributed by atoms with Crippen molar-refractivity contribution in [1.82, 2.24) is 0 Å². The van der Waals surface area contributed by atoms with Crippen LogP contribution in [-0.4, -0.2) is 23.9 Å². The summed E-state index contributed by atoms with van der Waals surface area (Å²) in [6.07, 6.45) is 3.54. The quantitative estimate of drug-likeness (QED) is 0.600. The molecule has 0 aliphatic carbocycles. The van der Waals surface area contributed by atoms with Crippen LogP contribution in [0.4, 0.5) is 0 Å². The Kier molecular flexibility index (Phi) is 8.13. The molecule has 0 heterocycles. The largest absolute Gasteiger partial charge is 0.375 e. The summed E-state index contributed by atoms with van der Waals surface area (Å²) >= 11 is 0. The molecule has 1 radical (unpaired) electrons. The Bertz CT molecular complexity index is 201. The van der Waals surface area contributed by atoms with E-state index in [0.717, 1.165) is 19.3 Å². The Balaban J connectivity index is 4.59. The Morgan fingerprint density at radius 1 is 1.00 bits per heavy atom. The van der Waals surface area contributed by atoms with Crippen molar-refractivity contribution in [3.63, 3.8) is 0 Å². The summed E-state index contributed by atoms with van der Waals surface area (Å²) in [5.41, 5.74) is -0.178. The number of rotatable bonds is 9. The maximum absolute atomic E-state index is 6.04. The lowest BCUT2D eigenvalue weighted by molar-refractivity contribution is -0.111. The minimum absolute atomic E-state index is 0.178. The highest BCUT2D eigenvalue weighted by molar-refractivity contribution is 4.82. The van der Waals surface area contributed by atoms with Gasteiger partial charge >= 0.3 is 0 Å². The fraction of sp³-hybridized carbons (Fsp3) is 0.938. The highest BCUT2D eigenvalue weighted by Gasteiger charge is 2.29. The van der Waals surface area contributed by atoms with E-state index in [0.29, 0.717) is 5.92 Å².